The normalized spacial score (nSPS) is 19.3. The number of aryl methyl sites for hydroxylation is 1. The molecule has 0 atom stereocenters. The Morgan fingerprint density at radius 2 is 1.51 bits per heavy atom. The number of amides is 3. The number of carbonyl (C=O) groups excluding carboxylic acids is 2. The van der Waals surface area contributed by atoms with Crippen molar-refractivity contribution in [3.63, 3.8) is 0 Å². The Bertz CT molecular complexity index is 2070. The van der Waals surface area contributed by atoms with Crippen molar-refractivity contribution in [2.24, 2.45) is 11.8 Å². The van der Waals surface area contributed by atoms with E-state index in [2.05, 4.69) is 90.9 Å². The fraction of sp³-hybridized carbons (Fsp3) is 0.452. The molecule has 3 saturated heterocycles. The number of nitrogens with zero attached hydrogens (tertiary/aromatic N) is 7. The molecule has 4 aromatic rings. The summed E-state index contributed by atoms with van der Waals surface area (Å²) in [6.45, 7) is 11.9. The highest BCUT2D eigenvalue weighted by molar-refractivity contribution is 6.06. The highest BCUT2D eigenvalue weighted by Gasteiger charge is 2.31. The first-order chi connectivity index (χ1) is 26.9. The molecule has 13 heteroatoms. The number of hydrogen-bond donors (Lipinski definition) is 3. The van der Waals surface area contributed by atoms with Crippen molar-refractivity contribution in [2.45, 2.75) is 58.9 Å². The van der Waals surface area contributed by atoms with E-state index >= 15 is 0 Å². The van der Waals surface area contributed by atoms with Crippen LogP contribution in [0.2, 0.25) is 0 Å². The van der Waals surface area contributed by atoms with E-state index in [1.165, 1.54) is 42.6 Å². The third kappa shape index (κ3) is 7.19. The van der Waals surface area contributed by atoms with Crippen molar-refractivity contribution >= 4 is 52.0 Å². The predicted octanol–water partition coefficient (Wildman–Crippen LogP) is 6.18. The van der Waals surface area contributed by atoms with E-state index in [0.717, 1.165) is 97.1 Å². The minimum atomic E-state index is -0.332. The summed E-state index contributed by atoms with van der Waals surface area (Å²) in [7, 11) is 0. The summed E-state index contributed by atoms with van der Waals surface area (Å²) in [6, 6.07) is 14.7. The van der Waals surface area contributed by atoms with Gasteiger partial charge in [-0.1, -0.05) is 0 Å². The summed E-state index contributed by atoms with van der Waals surface area (Å²) in [5.41, 5.74) is 10.9. The van der Waals surface area contributed by atoms with Crippen LogP contribution in [0.4, 0.5) is 44.9 Å². The largest absolute Gasteiger partial charge is 0.474 e. The zero-order chi connectivity index (χ0) is 37.5. The molecule has 3 amide bonds. The van der Waals surface area contributed by atoms with E-state index in [4.69, 9.17) is 9.72 Å². The Labute approximate surface area is 322 Å². The van der Waals surface area contributed by atoms with E-state index in [1.807, 2.05) is 18.5 Å². The maximum atomic E-state index is 12.4. The number of ether oxygens (including phenoxy) is 1. The number of pyridine rings is 1. The standard InChI is InChI=1S/C42H50N10O3/c1-27-23-34(7-8-36(27)52-21-14-38(53)48-42(52)54)50-18-11-30(12-19-50)29-9-16-49(17-10-29)33-5-3-32(4-6-33)46-41-45-24-31-13-20-51(26-35(31)47-41)37-25-44-40-39(28(37)2)43-15-22-55-40/h3-8,23-25,29-30,43H,9-22,26H2,1-2H3,(H,45,46,47)(H,48,53,54). The molecule has 0 radical (unpaired) electrons. The van der Waals surface area contributed by atoms with Gasteiger partial charge in [-0.15, -0.1) is 0 Å². The van der Waals surface area contributed by atoms with E-state index in [0.29, 0.717) is 37.9 Å². The van der Waals surface area contributed by atoms with Crippen LogP contribution in [-0.4, -0.2) is 79.3 Å². The number of carbonyl (C=O) groups is 2. The van der Waals surface area contributed by atoms with Gasteiger partial charge in [0.05, 0.1) is 24.1 Å². The average molecular weight is 743 g/mol. The molecule has 286 valence electrons. The third-order valence-corrected chi connectivity index (χ3v) is 12.3. The molecule has 3 fully saturated rings. The summed E-state index contributed by atoms with van der Waals surface area (Å²) in [5, 5.41) is 9.34. The van der Waals surface area contributed by atoms with Crippen LogP contribution in [-0.2, 0) is 17.8 Å². The van der Waals surface area contributed by atoms with Gasteiger partial charge in [0.25, 0.3) is 0 Å². The molecule has 3 N–H and O–H groups in total. The fourth-order valence-electron chi connectivity index (χ4n) is 9.17. The summed E-state index contributed by atoms with van der Waals surface area (Å²) in [5.74, 6) is 2.62. The van der Waals surface area contributed by atoms with Crippen molar-refractivity contribution in [1.29, 1.82) is 0 Å². The van der Waals surface area contributed by atoms with Crippen LogP contribution in [0.5, 0.6) is 5.88 Å². The average Bonchev–Trinajstić information content (AvgIpc) is 3.21. The molecular weight excluding hydrogens is 693 g/mol. The fourth-order valence-corrected chi connectivity index (χ4v) is 9.17. The number of imide groups is 1. The molecule has 13 nitrogen and oxygen atoms in total. The molecular formula is C42H50N10O3. The van der Waals surface area contributed by atoms with Crippen LogP contribution >= 0.6 is 0 Å². The zero-order valence-electron chi connectivity index (χ0n) is 31.8. The van der Waals surface area contributed by atoms with E-state index in [1.54, 1.807) is 4.90 Å². The van der Waals surface area contributed by atoms with Gasteiger partial charge in [-0.2, -0.15) is 0 Å². The molecule has 0 spiro atoms. The predicted molar refractivity (Wildman–Crippen MR) is 216 cm³/mol. The van der Waals surface area contributed by atoms with Crippen LogP contribution in [0.25, 0.3) is 0 Å². The lowest BCUT2D eigenvalue weighted by molar-refractivity contribution is -0.120. The minimum Gasteiger partial charge on any atom is -0.474 e. The number of rotatable bonds is 7. The quantitative estimate of drug-likeness (QED) is 0.201. The van der Waals surface area contributed by atoms with Gasteiger partial charge in [0, 0.05) is 86.7 Å². The zero-order valence-corrected chi connectivity index (χ0v) is 31.8. The SMILES string of the molecule is Cc1cc(N2CCC(C3CCN(c4ccc(Nc5ncc6c(n5)CN(c5cnc7c(c5C)NCCO7)CC6)cc4)CC3)CC2)ccc1N1CCC(=O)NC1=O. The lowest BCUT2D eigenvalue weighted by Crippen LogP contribution is -2.49. The summed E-state index contributed by atoms with van der Waals surface area (Å²) < 4.78 is 5.74. The van der Waals surface area contributed by atoms with Crippen LogP contribution in [0.1, 0.15) is 54.5 Å². The van der Waals surface area contributed by atoms with E-state index in [-0.39, 0.29) is 11.9 Å². The monoisotopic (exact) mass is 742 g/mol. The number of hydrogen-bond acceptors (Lipinski definition) is 11. The Hall–Kier alpha value is -5.59. The second-order valence-corrected chi connectivity index (χ2v) is 15.6. The van der Waals surface area contributed by atoms with Crippen molar-refractivity contribution in [3.05, 3.63) is 77.2 Å². The third-order valence-electron chi connectivity index (χ3n) is 12.3. The van der Waals surface area contributed by atoms with Gasteiger partial charge < -0.3 is 30.1 Å². The van der Waals surface area contributed by atoms with Crippen molar-refractivity contribution in [3.8, 4) is 5.88 Å². The minimum absolute atomic E-state index is 0.207. The second-order valence-electron chi connectivity index (χ2n) is 15.6. The highest BCUT2D eigenvalue weighted by atomic mass is 16.5. The van der Waals surface area contributed by atoms with Gasteiger partial charge in [-0.25, -0.2) is 19.7 Å². The highest BCUT2D eigenvalue weighted by Crippen LogP contribution is 2.38. The van der Waals surface area contributed by atoms with Gasteiger partial charge in [0.15, 0.2) is 0 Å². The van der Waals surface area contributed by atoms with Gasteiger partial charge in [0.2, 0.25) is 17.7 Å². The van der Waals surface area contributed by atoms with Crippen LogP contribution in [0.3, 0.4) is 0 Å². The number of fused-ring (bicyclic) bond motifs is 2. The second kappa shape index (κ2) is 14.9. The molecule has 2 aromatic heterocycles. The van der Waals surface area contributed by atoms with Gasteiger partial charge >= 0.3 is 6.03 Å². The lowest BCUT2D eigenvalue weighted by atomic mass is 9.78. The molecule has 5 aliphatic rings. The first-order valence-electron chi connectivity index (χ1n) is 19.9. The maximum Gasteiger partial charge on any atom is 0.328 e. The Kier molecular flexibility index (Phi) is 9.53. The van der Waals surface area contributed by atoms with Gasteiger partial charge in [-0.05, 0) is 111 Å². The first kappa shape index (κ1) is 35.1. The van der Waals surface area contributed by atoms with E-state index in [9.17, 15) is 9.59 Å². The number of anilines is 7. The van der Waals surface area contributed by atoms with Crippen LogP contribution in [0, 0.1) is 25.7 Å². The molecule has 2 aromatic carbocycles. The Morgan fingerprint density at radius 1 is 0.782 bits per heavy atom. The van der Waals surface area contributed by atoms with Crippen molar-refractivity contribution < 1.29 is 14.3 Å². The number of piperidine rings is 2. The number of aromatic nitrogens is 3. The maximum absolute atomic E-state index is 12.4. The van der Waals surface area contributed by atoms with Gasteiger partial charge in [-0.3, -0.25) is 15.0 Å². The molecule has 0 bridgehead atoms. The number of benzene rings is 2. The van der Waals surface area contributed by atoms with Crippen LogP contribution < -0.4 is 40.3 Å². The number of nitrogens with one attached hydrogen (secondary N) is 3. The summed E-state index contributed by atoms with van der Waals surface area (Å²) in [4.78, 5) is 47.2. The summed E-state index contributed by atoms with van der Waals surface area (Å²) >= 11 is 0. The molecule has 0 saturated carbocycles. The van der Waals surface area contributed by atoms with Crippen LogP contribution in [0.15, 0.2) is 54.9 Å². The topological polar surface area (TPSA) is 131 Å². The van der Waals surface area contributed by atoms with Crippen molar-refractivity contribution in [1.82, 2.24) is 20.3 Å². The lowest BCUT2D eigenvalue weighted by Gasteiger charge is -2.41. The molecule has 55 heavy (non-hydrogen) atoms. The smallest absolute Gasteiger partial charge is 0.328 e. The molecule has 0 unspecified atom stereocenters. The van der Waals surface area contributed by atoms with E-state index < -0.39 is 0 Å². The number of urea groups is 1. The molecule has 9 rings (SSSR count). The summed E-state index contributed by atoms with van der Waals surface area (Å²) in [6.07, 6.45) is 10.0. The van der Waals surface area contributed by atoms with Crippen molar-refractivity contribution in [2.75, 3.05) is 82.7 Å². The first-order valence-corrected chi connectivity index (χ1v) is 19.9. The Balaban J connectivity index is 0.757. The molecule has 0 aliphatic carbocycles. The Morgan fingerprint density at radius 3 is 2.24 bits per heavy atom. The molecule has 5 aliphatic heterocycles. The van der Waals surface area contributed by atoms with Gasteiger partial charge in [0.1, 0.15) is 12.3 Å². The molecule has 7 heterocycles.